The van der Waals surface area contributed by atoms with Crippen LogP contribution in [-0.2, 0) is 0 Å². The van der Waals surface area contributed by atoms with Crippen LogP contribution in [0.5, 0.6) is 0 Å². The summed E-state index contributed by atoms with van der Waals surface area (Å²) in [5, 5.41) is 10.2. The zero-order chi connectivity index (χ0) is 40.8. The number of hydrogen-bond acceptors (Lipinski definition) is 6. The van der Waals surface area contributed by atoms with E-state index in [1.54, 1.807) is 0 Å². The van der Waals surface area contributed by atoms with Gasteiger partial charge < -0.3 is 0 Å². The third-order valence-electron chi connectivity index (χ3n) is 12.5. The molecule has 12 aromatic rings. The quantitative estimate of drug-likeness (QED) is 0.127. The molecule has 0 N–H and O–H groups in total. The lowest BCUT2D eigenvalue weighted by Crippen LogP contribution is -2.73. The first-order chi connectivity index (χ1) is 30.7. The van der Waals surface area contributed by atoms with Gasteiger partial charge in [-0.25, -0.2) is 19.9 Å². The normalized spacial score (nSPS) is 14.5. The van der Waals surface area contributed by atoms with E-state index >= 15 is 0 Å². The fraction of sp³-hybridized carbons (Fsp3) is 0. The Morgan fingerprint density at radius 1 is 0.419 bits per heavy atom. The van der Waals surface area contributed by atoms with Crippen LogP contribution >= 0.6 is 0 Å². The van der Waals surface area contributed by atoms with E-state index in [1.165, 1.54) is 15.6 Å². The Morgan fingerprint density at radius 2 is 1.03 bits per heavy atom. The second-order valence-corrected chi connectivity index (χ2v) is 19.5. The van der Waals surface area contributed by atoms with E-state index in [-0.39, 0.29) is 0 Å². The summed E-state index contributed by atoms with van der Waals surface area (Å²) in [6.45, 7) is 0. The minimum absolute atomic E-state index is 0.586. The molecule has 13 rings (SSSR count). The van der Waals surface area contributed by atoms with Crippen molar-refractivity contribution in [2.45, 2.75) is 0 Å². The van der Waals surface area contributed by atoms with E-state index in [0.717, 1.165) is 82.2 Å². The van der Waals surface area contributed by atoms with Crippen molar-refractivity contribution in [1.82, 2.24) is 34.5 Å². The minimum Gasteiger partial charge on any atom is -0.299 e. The lowest BCUT2D eigenvalue weighted by Gasteiger charge is -2.29. The summed E-state index contributed by atoms with van der Waals surface area (Å²) in [6.07, 6.45) is 3.75. The highest BCUT2D eigenvalue weighted by Gasteiger charge is 2.52. The second-order valence-electron chi connectivity index (χ2n) is 15.9. The van der Waals surface area contributed by atoms with E-state index in [4.69, 9.17) is 29.9 Å². The standard InChI is InChI=1S/C54H33N7Si/c1-3-13-36(14-4-1)51-58-52(37-15-5-2-6-16-37)60-53(59-51)43-33-41(32-39-26-24-35-18-12-30-56-50(35)48(39)43)62(40-27-28-42-38(31-40)25-23-34-17-11-29-55-49(34)42)47-22-10-9-21-46(47)61-45-20-8-7-19-44(45)57-54(61)62/h1-33H. The molecule has 0 amide bonds. The summed E-state index contributed by atoms with van der Waals surface area (Å²) in [4.78, 5) is 31.3. The molecule has 5 heterocycles. The number of aromatic nitrogens is 7. The summed E-state index contributed by atoms with van der Waals surface area (Å²) in [6, 6.07) is 66.6. The van der Waals surface area contributed by atoms with Gasteiger partial charge in [0.25, 0.3) is 0 Å². The molecule has 62 heavy (non-hydrogen) atoms. The van der Waals surface area contributed by atoms with Crippen molar-refractivity contribution in [2.75, 3.05) is 0 Å². The number of benzene rings is 8. The van der Waals surface area contributed by atoms with Crippen LogP contribution in [0.25, 0.3) is 94.2 Å². The first-order valence-electron chi connectivity index (χ1n) is 20.8. The van der Waals surface area contributed by atoms with Gasteiger partial charge in [-0.3, -0.25) is 14.5 Å². The number of rotatable bonds is 5. The number of imidazole rings is 1. The van der Waals surface area contributed by atoms with Crippen molar-refractivity contribution >= 4 is 83.5 Å². The van der Waals surface area contributed by atoms with Crippen LogP contribution in [0, 0.1) is 0 Å². The Hall–Kier alpha value is -8.20. The molecular weight excluding hydrogens is 775 g/mol. The molecule has 1 atom stereocenters. The van der Waals surface area contributed by atoms with Crippen LogP contribution < -0.4 is 21.0 Å². The SMILES string of the molecule is c1ccc(-c2nc(-c3ccccc3)nc(-c3cc([Si]4(c5ccc6c(ccc7cccnc76)c5)c5ccccc5-n5c4nc4ccccc45)cc4ccc5cccnc5c34)n2)cc1. The fourth-order valence-corrected chi connectivity index (χ4v) is 14.7. The van der Waals surface area contributed by atoms with Crippen LogP contribution in [0.1, 0.15) is 0 Å². The van der Waals surface area contributed by atoms with E-state index in [1.807, 2.05) is 60.9 Å². The van der Waals surface area contributed by atoms with Gasteiger partial charge in [-0.05, 0) is 62.7 Å². The van der Waals surface area contributed by atoms with E-state index in [9.17, 15) is 0 Å². The Balaban J connectivity index is 1.19. The van der Waals surface area contributed by atoms with Crippen molar-refractivity contribution in [3.05, 3.63) is 200 Å². The smallest absolute Gasteiger partial charge is 0.226 e. The molecular formula is C54H33N7Si. The largest absolute Gasteiger partial charge is 0.299 e. The molecule has 288 valence electrons. The fourth-order valence-electron chi connectivity index (χ4n) is 9.79. The molecule has 8 aromatic carbocycles. The lowest BCUT2D eigenvalue weighted by molar-refractivity contribution is 1.08. The minimum atomic E-state index is -3.26. The maximum Gasteiger partial charge on any atom is 0.226 e. The number of fused-ring (bicyclic) bond motifs is 11. The molecule has 1 aliphatic rings. The predicted molar refractivity (Wildman–Crippen MR) is 254 cm³/mol. The van der Waals surface area contributed by atoms with Crippen molar-refractivity contribution in [2.24, 2.45) is 0 Å². The molecule has 0 spiro atoms. The van der Waals surface area contributed by atoms with E-state index < -0.39 is 8.07 Å². The third kappa shape index (κ3) is 5.04. The maximum atomic E-state index is 5.64. The summed E-state index contributed by atoms with van der Waals surface area (Å²) in [7, 11) is -3.26. The second kappa shape index (κ2) is 13.4. The highest BCUT2D eigenvalue weighted by Crippen LogP contribution is 2.36. The summed E-state index contributed by atoms with van der Waals surface area (Å²) >= 11 is 0. The van der Waals surface area contributed by atoms with Gasteiger partial charge in [-0.15, -0.1) is 0 Å². The molecule has 8 heteroatoms. The predicted octanol–water partition coefficient (Wildman–Crippen LogP) is 9.31. The molecule has 0 saturated heterocycles. The van der Waals surface area contributed by atoms with Gasteiger partial charge in [0.1, 0.15) is 5.45 Å². The maximum absolute atomic E-state index is 5.64. The molecule has 7 nitrogen and oxygen atoms in total. The van der Waals surface area contributed by atoms with Gasteiger partial charge >= 0.3 is 0 Å². The summed E-state index contributed by atoms with van der Waals surface area (Å²) in [5.74, 6) is 1.80. The van der Waals surface area contributed by atoms with Crippen LogP contribution in [-0.4, -0.2) is 42.5 Å². The highest BCUT2D eigenvalue weighted by molar-refractivity contribution is 7.20. The van der Waals surface area contributed by atoms with Gasteiger partial charge in [-0.1, -0.05) is 152 Å². The Kier molecular flexibility index (Phi) is 7.49. The lowest BCUT2D eigenvalue weighted by atomic mass is 10.00. The van der Waals surface area contributed by atoms with Crippen LogP contribution in [0.2, 0.25) is 0 Å². The molecule has 0 aliphatic carbocycles. The highest BCUT2D eigenvalue weighted by atomic mass is 28.3. The number of pyridine rings is 2. The van der Waals surface area contributed by atoms with Gasteiger partial charge in [0, 0.05) is 56.3 Å². The van der Waals surface area contributed by atoms with Gasteiger partial charge in [0.2, 0.25) is 8.07 Å². The molecule has 0 fully saturated rings. The molecule has 1 unspecified atom stereocenters. The zero-order valence-electron chi connectivity index (χ0n) is 33.2. The molecule has 0 saturated carbocycles. The average molecular weight is 808 g/mol. The Labute approximate surface area is 356 Å². The molecule has 0 radical (unpaired) electrons. The van der Waals surface area contributed by atoms with Crippen LogP contribution in [0.3, 0.4) is 0 Å². The van der Waals surface area contributed by atoms with Crippen LogP contribution in [0.4, 0.5) is 0 Å². The van der Waals surface area contributed by atoms with Gasteiger partial charge in [0.15, 0.2) is 17.5 Å². The molecule has 4 aromatic heterocycles. The van der Waals surface area contributed by atoms with Crippen molar-refractivity contribution < 1.29 is 0 Å². The topological polar surface area (TPSA) is 82.3 Å². The monoisotopic (exact) mass is 807 g/mol. The third-order valence-corrected chi connectivity index (χ3v) is 17.1. The average Bonchev–Trinajstić information content (AvgIpc) is 3.87. The van der Waals surface area contributed by atoms with Gasteiger partial charge in [-0.2, -0.15) is 0 Å². The van der Waals surface area contributed by atoms with Crippen molar-refractivity contribution in [3.8, 4) is 39.9 Å². The van der Waals surface area contributed by atoms with E-state index in [2.05, 4.69) is 144 Å². The van der Waals surface area contributed by atoms with Gasteiger partial charge in [0.05, 0.1) is 22.1 Å². The first-order valence-corrected chi connectivity index (χ1v) is 22.8. The Bertz CT molecular complexity index is 3720. The summed E-state index contributed by atoms with van der Waals surface area (Å²) < 4.78 is 2.42. The van der Waals surface area contributed by atoms with Crippen LogP contribution in [0.15, 0.2) is 200 Å². The van der Waals surface area contributed by atoms with Crippen molar-refractivity contribution in [1.29, 1.82) is 0 Å². The van der Waals surface area contributed by atoms with Crippen molar-refractivity contribution in [3.63, 3.8) is 0 Å². The number of hydrogen-bond donors (Lipinski definition) is 0. The Morgan fingerprint density at radius 3 is 1.81 bits per heavy atom. The number of para-hydroxylation sites is 3. The first kappa shape index (κ1) is 34.6. The van der Waals surface area contributed by atoms with E-state index in [0.29, 0.717) is 17.5 Å². The molecule has 1 aliphatic heterocycles. The summed E-state index contributed by atoms with van der Waals surface area (Å²) in [5.41, 5.74) is 8.90. The number of nitrogens with zero attached hydrogens (tertiary/aromatic N) is 7. The zero-order valence-corrected chi connectivity index (χ0v) is 34.2. The molecule has 0 bridgehead atoms.